The van der Waals surface area contributed by atoms with Crippen molar-refractivity contribution in [1.29, 1.82) is 0 Å². The number of fused-ring (bicyclic) bond motifs is 2. The molecular weight excluding hydrogens is 358 g/mol. The van der Waals surface area contributed by atoms with Gasteiger partial charge in [0.15, 0.2) is 11.4 Å². The molecule has 2 aromatic heterocycles. The Morgan fingerprint density at radius 1 is 1.19 bits per heavy atom. The maximum atomic E-state index is 12.3. The molecule has 0 radical (unpaired) electrons. The van der Waals surface area contributed by atoms with Crippen molar-refractivity contribution in [2.24, 2.45) is 7.05 Å². The Kier molecular flexibility index (Phi) is 3.98. The second-order valence-electron chi connectivity index (χ2n) is 5.91. The van der Waals surface area contributed by atoms with Crippen LogP contribution in [0.5, 0.6) is 5.75 Å². The number of hydrogen-bond acceptors (Lipinski definition) is 6. The minimum Gasteiger partial charge on any atom is -0.435 e. The zero-order valence-corrected chi connectivity index (χ0v) is 14.4. The van der Waals surface area contributed by atoms with Crippen molar-refractivity contribution in [3.8, 4) is 5.75 Å². The van der Waals surface area contributed by atoms with Crippen molar-refractivity contribution in [3.63, 3.8) is 0 Å². The third-order valence-corrected chi connectivity index (χ3v) is 4.09. The first kappa shape index (κ1) is 17.0. The third-order valence-electron chi connectivity index (χ3n) is 4.09. The molecule has 0 fully saturated rings. The van der Waals surface area contributed by atoms with E-state index in [9.17, 15) is 13.6 Å². The SMILES string of the molecule is CC(=O)c1ccc2c(c1)nc(Nc1nc3ccc(OC(F)F)cc3o1)n2C. The van der Waals surface area contributed by atoms with Gasteiger partial charge in [-0.15, -0.1) is 0 Å². The zero-order valence-electron chi connectivity index (χ0n) is 14.4. The van der Waals surface area contributed by atoms with Crippen LogP contribution in [0.2, 0.25) is 0 Å². The summed E-state index contributed by atoms with van der Waals surface area (Å²) in [5.41, 5.74) is 2.83. The maximum absolute atomic E-state index is 12.3. The number of anilines is 2. The standard InChI is InChI=1S/C18H14F2N4O3/c1-9(25)10-3-6-14-13(7-10)21-17(24(14)2)23-18-22-12-5-4-11(26-16(19)20)8-15(12)27-18/h3-8,16H,1-2H3,(H,21,22,23). The van der Waals surface area contributed by atoms with Gasteiger partial charge in [-0.1, -0.05) is 0 Å². The molecule has 0 atom stereocenters. The number of ether oxygens (including phenoxy) is 1. The lowest BCUT2D eigenvalue weighted by Gasteiger charge is -2.02. The molecule has 0 aliphatic heterocycles. The highest BCUT2D eigenvalue weighted by molar-refractivity contribution is 5.97. The average Bonchev–Trinajstić information content (AvgIpc) is 3.14. The largest absolute Gasteiger partial charge is 0.435 e. The molecule has 0 bridgehead atoms. The lowest BCUT2D eigenvalue weighted by Crippen LogP contribution is -2.01. The molecule has 0 spiro atoms. The number of aromatic nitrogens is 3. The Morgan fingerprint density at radius 3 is 2.74 bits per heavy atom. The summed E-state index contributed by atoms with van der Waals surface area (Å²) in [6.45, 7) is -1.42. The second-order valence-corrected chi connectivity index (χ2v) is 5.91. The summed E-state index contributed by atoms with van der Waals surface area (Å²) in [4.78, 5) is 20.2. The highest BCUT2D eigenvalue weighted by Gasteiger charge is 2.14. The molecule has 0 aliphatic carbocycles. The van der Waals surface area contributed by atoms with E-state index in [1.54, 1.807) is 16.7 Å². The van der Waals surface area contributed by atoms with E-state index in [-0.39, 0.29) is 17.5 Å². The summed E-state index contributed by atoms with van der Waals surface area (Å²) in [5, 5.41) is 2.96. The van der Waals surface area contributed by atoms with Gasteiger partial charge in [-0.25, -0.2) is 4.98 Å². The summed E-state index contributed by atoms with van der Waals surface area (Å²) in [5.74, 6) is 0.402. The number of Topliss-reactive ketones (excluding diaryl/α,β-unsaturated/α-hetero) is 1. The Balaban J connectivity index is 1.67. The highest BCUT2D eigenvalue weighted by Crippen LogP contribution is 2.27. The first-order valence-corrected chi connectivity index (χ1v) is 8.00. The monoisotopic (exact) mass is 372 g/mol. The van der Waals surface area contributed by atoms with Crippen LogP contribution in [0.25, 0.3) is 22.1 Å². The smallest absolute Gasteiger partial charge is 0.387 e. The Bertz CT molecular complexity index is 1170. The molecular formula is C18H14F2N4O3. The van der Waals surface area contributed by atoms with E-state index in [2.05, 4.69) is 20.0 Å². The predicted molar refractivity (Wildman–Crippen MR) is 94.6 cm³/mol. The van der Waals surface area contributed by atoms with E-state index in [0.29, 0.717) is 28.1 Å². The van der Waals surface area contributed by atoms with Gasteiger partial charge >= 0.3 is 12.6 Å². The van der Waals surface area contributed by atoms with E-state index < -0.39 is 6.61 Å². The fraction of sp³-hybridized carbons (Fsp3) is 0.167. The summed E-state index contributed by atoms with van der Waals surface area (Å²) < 4.78 is 36.3. The summed E-state index contributed by atoms with van der Waals surface area (Å²) in [6.07, 6.45) is 0. The molecule has 0 aliphatic rings. The number of ketones is 1. The molecule has 2 heterocycles. The number of benzene rings is 2. The number of halogens is 2. The van der Waals surface area contributed by atoms with Crippen LogP contribution >= 0.6 is 0 Å². The van der Waals surface area contributed by atoms with E-state index in [4.69, 9.17) is 4.42 Å². The molecule has 1 N–H and O–H groups in total. The van der Waals surface area contributed by atoms with Crippen LogP contribution < -0.4 is 10.1 Å². The Morgan fingerprint density at radius 2 is 2.00 bits per heavy atom. The summed E-state index contributed by atoms with van der Waals surface area (Å²) in [7, 11) is 1.81. The van der Waals surface area contributed by atoms with E-state index >= 15 is 0 Å². The third kappa shape index (κ3) is 3.19. The van der Waals surface area contributed by atoms with Crippen LogP contribution in [-0.2, 0) is 7.05 Å². The van der Waals surface area contributed by atoms with Gasteiger partial charge in [-0.05, 0) is 37.3 Å². The highest BCUT2D eigenvalue weighted by atomic mass is 19.3. The van der Waals surface area contributed by atoms with Crippen LogP contribution in [0, 0.1) is 0 Å². The van der Waals surface area contributed by atoms with Crippen LogP contribution in [-0.4, -0.2) is 26.9 Å². The number of aryl methyl sites for hydroxylation is 1. The van der Waals surface area contributed by atoms with Crippen molar-refractivity contribution in [3.05, 3.63) is 42.0 Å². The first-order valence-electron chi connectivity index (χ1n) is 8.00. The molecule has 0 amide bonds. The number of carbonyl (C=O) groups excluding carboxylic acids is 1. The quantitative estimate of drug-likeness (QED) is 0.527. The topological polar surface area (TPSA) is 82.2 Å². The number of nitrogens with one attached hydrogen (secondary N) is 1. The van der Waals surface area contributed by atoms with Crippen molar-refractivity contribution >= 4 is 39.9 Å². The Hall–Kier alpha value is -3.49. The number of imidazole rings is 1. The number of nitrogens with zero attached hydrogens (tertiary/aromatic N) is 3. The predicted octanol–water partition coefficient (Wildman–Crippen LogP) is 4.26. The minimum absolute atomic E-state index is 0.0142. The molecule has 0 saturated carbocycles. The minimum atomic E-state index is -2.91. The van der Waals surface area contributed by atoms with E-state index in [1.807, 2.05) is 13.1 Å². The lowest BCUT2D eigenvalue weighted by molar-refractivity contribution is -0.0497. The number of alkyl halides is 2. The van der Waals surface area contributed by atoms with Gasteiger partial charge in [0.2, 0.25) is 5.95 Å². The lowest BCUT2D eigenvalue weighted by atomic mass is 10.1. The van der Waals surface area contributed by atoms with E-state index in [1.165, 1.54) is 25.1 Å². The van der Waals surface area contributed by atoms with Gasteiger partial charge in [-0.3, -0.25) is 10.1 Å². The molecule has 4 aromatic rings. The number of hydrogen-bond donors (Lipinski definition) is 1. The van der Waals surface area contributed by atoms with Gasteiger partial charge < -0.3 is 13.7 Å². The van der Waals surface area contributed by atoms with Crippen LogP contribution in [0.3, 0.4) is 0 Å². The van der Waals surface area contributed by atoms with Crippen LogP contribution in [0.15, 0.2) is 40.8 Å². The molecule has 138 valence electrons. The van der Waals surface area contributed by atoms with Crippen molar-refractivity contribution in [2.45, 2.75) is 13.5 Å². The Labute approximate surface area is 151 Å². The molecule has 9 heteroatoms. The van der Waals surface area contributed by atoms with Crippen LogP contribution in [0.4, 0.5) is 20.7 Å². The van der Waals surface area contributed by atoms with Gasteiger partial charge in [0.25, 0.3) is 0 Å². The molecule has 4 rings (SSSR count). The maximum Gasteiger partial charge on any atom is 0.387 e. The number of rotatable bonds is 5. The van der Waals surface area contributed by atoms with Crippen molar-refractivity contribution < 1.29 is 22.7 Å². The number of carbonyl (C=O) groups is 1. The normalized spacial score (nSPS) is 11.4. The summed E-state index contributed by atoms with van der Waals surface area (Å²) in [6, 6.07) is 9.67. The van der Waals surface area contributed by atoms with Gasteiger partial charge in [0.05, 0.1) is 11.0 Å². The first-order chi connectivity index (χ1) is 12.9. The molecule has 27 heavy (non-hydrogen) atoms. The van der Waals surface area contributed by atoms with Gasteiger partial charge in [0, 0.05) is 18.7 Å². The molecule has 0 saturated heterocycles. The van der Waals surface area contributed by atoms with Crippen molar-refractivity contribution in [1.82, 2.24) is 14.5 Å². The average molecular weight is 372 g/mol. The van der Waals surface area contributed by atoms with Gasteiger partial charge in [0.1, 0.15) is 11.3 Å². The zero-order chi connectivity index (χ0) is 19.1. The molecule has 7 nitrogen and oxygen atoms in total. The molecule has 2 aromatic carbocycles. The van der Waals surface area contributed by atoms with Crippen LogP contribution in [0.1, 0.15) is 17.3 Å². The number of oxazole rings is 1. The second kappa shape index (κ2) is 6.35. The fourth-order valence-corrected chi connectivity index (χ4v) is 2.76. The fourth-order valence-electron chi connectivity index (χ4n) is 2.76. The van der Waals surface area contributed by atoms with Gasteiger partial charge in [-0.2, -0.15) is 13.8 Å². The summed E-state index contributed by atoms with van der Waals surface area (Å²) >= 11 is 0. The molecule has 0 unspecified atom stereocenters. The van der Waals surface area contributed by atoms with E-state index in [0.717, 1.165) is 5.52 Å². The van der Waals surface area contributed by atoms with Crippen molar-refractivity contribution in [2.75, 3.05) is 5.32 Å².